The van der Waals surface area contributed by atoms with Crippen molar-refractivity contribution in [2.75, 3.05) is 32.2 Å². The van der Waals surface area contributed by atoms with E-state index < -0.39 is 15.4 Å². The number of halogens is 1. The highest BCUT2D eigenvalue weighted by Gasteiger charge is 2.39. The number of ether oxygens (including phenoxy) is 1. The molecule has 1 amide bonds. The number of carbonyl (C=O) groups excluding carboxylic acids is 1. The first kappa shape index (κ1) is 19.2. The molecule has 2 atom stereocenters. The summed E-state index contributed by atoms with van der Waals surface area (Å²) in [5.41, 5.74) is 0.357. The second-order valence-corrected chi connectivity index (χ2v) is 9.82. The van der Waals surface area contributed by atoms with Crippen LogP contribution in [0.25, 0.3) is 0 Å². The van der Waals surface area contributed by atoms with Crippen molar-refractivity contribution in [1.82, 2.24) is 5.32 Å². The number of nitrogens with one attached hydrogen (secondary N) is 2. The van der Waals surface area contributed by atoms with Crippen LogP contribution in [0.2, 0.25) is 0 Å². The highest BCUT2D eigenvalue weighted by atomic mass is 79.9. The Labute approximate surface area is 151 Å². The van der Waals surface area contributed by atoms with Crippen LogP contribution in [-0.2, 0) is 21.2 Å². The predicted octanol–water partition coefficient (Wildman–Crippen LogP) is 0.166. The number of benzene rings is 1. The molecule has 0 bridgehead atoms. The van der Waals surface area contributed by atoms with Crippen LogP contribution in [0.4, 0.5) is 0 Å². The Morgan fingerprint density at radius 1 is 1.46 bits per heavy atom. The van der Waals surface area contributed by atoms with E-state index in [-0.39, 0.29) is 24.0 Å². The summed E-state index contributed by atoms with van der Waals surface area (Å²) in [6.07, 6.45) is 0.472. The molecule has 0 aromatic heterocycles. The highest BCUT2D eigenvalue weighted by Crippen LogP contribution is 2.23. The minimum Gasteiger partial charge on any atom is -0.496 e. The molecule has 0 aliphatic carbocycles. The number of methoxy groups -OCH3 is 1. The number of hydrogen-bond donors (Lipinski definition) is 2. The summed E-state index contributed by atoms with van der Waals surface area (Å²) in [6, 6.07) is 5.77. The molecule has 1 aliphatic rings. The summed E-state index contributed by atoms with van der Waals surface area (Å²) < 4.78 is 29.5. The average molecular weight is 420 g/mol. The van der Waals surface area contributed by atoms with Gasteiger partial charge in [-0.2, -0.15) is 0 Å². The van der Waals surface area contributed by atoms with Crippen LogP contribution in [0, 0.1) is 0 Å². The number of likely N-dealkylation sites (N-methyl/N-ethyl adjacent to an activating group) is 1. The molecule has 2 rings (SSSR count). The molecule has 6 nitrogen and oxygen atoms in total. The van der Waals surface area contributed by atoms with Gasteiger partial charge in [0.1, 0.15) is 12.3 Å². The highest BCUT2D eigenvalue weighted by molar-refractivity contribution is 9.10. The van der Waals surface area contributed by atoms with Crippen molar-refractivity contribution >= 4 is 31.7 Å². The van der Waals surface area contributed by atoms with Crippen molar-refractivity contribution in [2.45, 2.75) is 25.4 Å². The zero-order valence-electron chi connectivity index (χ0n) is 14.2. The standard InChI is InChI=1S/C16H23BrN2O4S/c1-16(6-7-24(21,22)11-16)18-15(20)10-19(2)9-12-8-13(17)4-5-14(12)23-3/h4-5,8H,6-7,9-11H2,1-3H3,(H,18,20)/p+1/t16-/m1/s1. The van der Waals surface area contributed by atoms with Crippen molar-refractivity contribution in [3.05, 3.63) is 28.2 Å². The lowest BCUT2D eigenvalue weighted by atomic mass is 10.0. The van der Waals surface area contributed by atoms with E-state index in [1.807, 2.05) is 25.2 Å². The quantitative estimate of drug-likeness (QED) is 0.688. The monoisotopic (exact) mass is 419 g/mol. The molecular formula is C16H24BrN2O4S+. The fourth-order valence-electron chi connectivity index (χ4n) is 3.04. The van der Waals surface area contributed by atoms with Gasteiger partial charge in [0, 0.05) is 10.0 Å². The Balaban J connectivity index is 1.94. The predicted molar refractivity (Wildman–Crippen MR) is 96.0 cm³/mol. The van der Waals surface area contributed by atoms with Gasteiger partial charge in [0.05, 0.1) is 31.2 Å². The Morgan fingerprint density at radius 3 is 2.75 bits per heavy atom. The van der Waals surface area contributed by atoms with Crippen LogP contribution in [0.15, 0.2) is 22.7 Å². The molecule has 134 valence electrons. The summed E-state index contributed by atoms with van der Waals surface area (Å²) in [4.78, 5) is 13.3. The lowest BCUT2D eigenvalue weighted by Gasteiger charge is -2.24. The molecule has 1 aromatic rings. The summed E-state index contributed by atoms with van der Waals surface area (Å²) in [5.74, 6) is 0.805. The van der Waals surface area contributed by atoms with E-state index in [2.05, 4.69) is 21.2 Å². The van der Waals surface area contributed by atoms with E-state index in [9.17, 15) is 13.2 Å². The maximum absolute atomic E-state index is 12.3. The van der Waals surface area contributed by atoms with Gasteiger partial charge in [-0.1, -0.05) is 15.9 Å². The van der Waals surface area contributed by atoms with Crippen LogP contribution in [0.3, 0.4) is 0 Å². The second kappa shape index (κ2) is 7.41. The normalized spacial score (nSPS) is 23.7. The number of quaternary nitrogens is 1. The molecule has 0 saturated carbocycles. The Bertz CT molecular complexity index is 723. The van der Waals surface area contributed by atoms with Gasteiger partial charge >= 0.3 is 0 Å². The van der Waals surface area contributed by atoms with Gasteiger partial charge in [-0.25, -0.2) is 8.42 Å². The van der Waals surface area contributed by atoms with Crippen LogP contribution < -0.4 is 15.0 Å². The summed E-state index contributed by atoms with van der Waals surface area (Å²) in [6.45, 7) is 2.69. The first-order chi connectivity index (χ1) is 11.1. The van der Waals surface area contributed by atoms with Gasteiger partial charge in [0.15, 0.2) is 16.4 Å². The van der Waals surface area contributed by atoms with Crippen LogP contribution in [0.5, 0.6) is 5.75 Å². The Morgan fingerprint density at radius 2 is 2.17 bits per heavy atom. The Kier molecular flexibility index (Phi) is 5.93. The summed E-state index contributed by atoms with van der Waals surface area (Å²) in [7, 11) is 0.512. The van der Waals surface area contributed by atoms with E-state index in [1.165, 1.54) is 0 Å². The van der Waals surface area contributed by atoms with Crippen LogP contribution in [-0.4, -0.2) is 52.1 Å². The Hall–Kier alpha value is -1.12. The molecule has 0 radical (unpaired) electrons. The van der Waals surface area contributed by atoms with Gasteiger partial charge in [-0.15, -0.1) is 0 Å². The molecule has 1 fully saturated rings. The lowest BCUT2D eigenvalue weighted by Crippen LogP contribution is -3.09. The van der Waals surface area contributed by atoms with E-state index in [4.69, 9.17) is 4.74 Å². The minimum atomic E-state index is -3.03. The zero-order valence-corrected chi connectivity index (χ0v) is 16.6. The third-order valence-corrected chi connectivity index (χ3v) is 6.54. The van der Waals surface area contributed by atoms with E-state index in [0.717, 1.165) is 20.7 Å². The van der Waals surface area contributed by atoms with Gasteiger partial charge in [-0.3, -0.25) is 4.79 Å². The molecule has 0 spiro atoms. The summed E-state index contributed by atoms with van der Waals surface area (Å²) >= 11 is 3.44. The number of sulfone groups is 1. The van der Waals surface area contributed by atoms with Gasteiger partial charge in [-0.05, 0) is 31.5 Å². The molecule has 1 saturated heterocycles. The van der Waals surface area contributed by atoms with E-state index in [0.29, 0.717) is 13.0 Å². The van der Waals surface area contributed by atoms with Crippen molar-refractivity contribution in [2.24, 2.45) is 0 Å². The largest absolute Gasteiger partial charge is 0.496 e. The van der Waals surface area contributed by atoms with Gasteiger partial charge in [0.2, 0.25) is 0 Å². The molecule has 1 aromatic carbocycles. The lowest BCUT2D eigenvalue weighted by molar-refractivity contribution is -0.885. The SMILES string of the molecule is COc1ccc(Br)cc1C[NH+](C)CC(=O)N[C@]1(C)CCS(=O)(=O)C1. The average Bonchev–Trinajstić information content (AvgIpc) is 2.72. The number of amides is 1. The third-order valence-electron chi connectivity index (χ3n) is 4.14. The smallest absolute Gasteiger partial charge is 0.275 e. The maximum atomic E-state index is 12.3. The molecule has 8 heteroatoms. The minimum absolute atomic E-state index is 0.0181. The van der Waals surface area contributed by atoms with Crippen LogP contribution in [0.1, 0.15) is 18.9 Å². The molecule has 2 N–H and O–H groups in total. The first-order valence-electron chi connectivity index (χ1n) is 7.78. The van der Waals surface area contributed by atoms with Crippen molar-refractivity contribution in [3.63, 3.8) is 0 Å². The maximum Gasteiger partial charge on any atom is 0.275 e. The van der Waals surface area contributed by atoms with Crippen molar-refractivity contribution in [1.29, 1.82) is 0 Å². The topological polar surface area (TPSA) is 76.9 Å². The molecular weight excluding hydrogens is 396 g/mol. The van der Waals surface area contributed by atoms with E-state index in [1.54, 1.807) is 14.0 Å². The molecule has 1 unspecified atom stereocenters. The summed E-state index contributed by atoms with van der Waals surface area (Å²) in [5, 5.41) is 2.89. The molecule has 1 heterocycles. The number of rotatable bonds is 6. The number of hydrogen-bond acceptors (Lipinski definition) is 4. The number of carbonyl (C=O) groups is 1. The van der Waals surface area contributed by atoms with Crippen molar-refractivity contribution in [3.8, 4) is 5.75 Å². The van der Waals surface area contributed by atoms with Crippen LogP contribution >= 0.6 is 15.9 Å². The third kappa shape index (κ3) is 5.19. The molecule has 1 aliphatic heterocycles. The second-order valence-electron chi connectivity index (χ2n) is 6.72. The fraction of sp³-hybridized carbons (Fsp3) is 0.562. The van der Waals surface area contributed by atoms with E-state index >= 15 is 0 Å². The zero-order chi connectivity index (χ0) is 18.0. The fourth-order valence-corrected chi connectivity index (χ4v) is 5.54. The van der Waals surface area contributed by atoms with Crippen molar-refractivity contribution < 1.29 is 22.8 Å². The van der Waals surface area contributed by atoms with Gasteiger partial charge < -0.3 is 15.0 Å². The first-order valence-corrected chi connectivity index (χ1v) is 10.4. The van der Waals surface area contributed by atoms with Gasteiger partial charge in [0.25, 0.3) is 5.91 Å². The molecule has 24 heavy (non-hydrogen) atoms.